The molecule has 0 spiro atoms. The molecule has 2 rings (SSSR count). The highest BCUT2D eigenvalue weighted by Gasteiger charge is 2.26. The summed E-state index contributed by atoms with van der Waals surface area (Å²) in [6, 6.07) is 2.20. The van der Waals surface area contributed by atoms with Crippen LogP contribution in [0.2, 0.25) is 0 Å². The number of carbonyl (C=O) groups is 1. The fourth-order valence-electron chi connectivity index (χ4n) is 2.74. The maximum atomic E-state index is 12.3. The molecule has 1 amide bonds. The Hall–Kier alpha value is -0.980. The normalized spacial score (nSPS) is 17.7. The minimum Gasteiger partial charge on any atom is -0.392 e. The zero-order valence-corrected chi connectivity index (χ0v) is 14.1. The number of rotatable bonds is 6. The number of hydrogen-bond acceptors (Lipinski definition) is 4. The van der Waals surface area contributed by atoms with E-state index in [1.807, 2.05) is 21.7 Å². The average molecular weight is 326 g/mol. The average Bonchev–Trinajstić information content (AvgIpc) is 2.97. The van der Waals surface area contributed by atoms with Crippen LogP contribution in [-0.4, -0.2) is 52.9 Å². The van der Waals surface area contributed by atoms with Crippen molar-refractivity contribution in [1.82, 2.24) is 9.80 Å². The summed E-state index contributed by atoms with van der Waals surface area (Å²) in [6.45, 7) is 5.40. The van der Waals surface area contributed by atoms with Crippen LogP contribution >= 0.6 is 23.6 Å². The van der Waals surface area contributed by atoms with E-state index in [0.29, 0.717) is 11.4 Å². The number of thiophene rings is 1. The number of carbonyl (C=O) groups excluding carboxylic acids is 1. The van der Waals surface area contributed by atoms with E-state index in [-0.39, 0.29) is 11.9 Å². The molecule has 1 aliphatic rings. The van der Waals surface area contributed by atoms with Crippen molar-refractivity contribution < 1.29 is 4.79 Å². The molecule has 1 aliphatic heterocycles. The number of amides is 1. The predicted octanol–water partition coefficient (Wildman–Crippen LogP) is 1.89. The zero-order valence-electron chi connectivity index (χ0n) is 12.5. The summed E-state index contributed by atoms with van der Waals surface area (Å²) in [4.78, 5) is 17.1. The molecular weight excluding hydrogens is 302 g/mol. The second-order valence-electron chi connectivity index (χ2n) is 5.43. The Balaban J connectivity index is 1.84. The molecule has 0 radical (unpaired) electrons. The van der Waals surface area contributed by atoms with Gasteiger partial charge in [0.2, 0.25) is 5.91 Å². The van der Waals surface area contributed by atoms with Crippen molar-refractivity contribution in [3.05, 3.63) is 22.4 Å². The molecule has 0 aliphatic carbocycles. The van der Waals surface area contributed by atoms with Crippen molar-refractivity contribution in [3.63, 3.8) is 0 Å². The smallest absolute Gasteiger partial charge is 0.227 e. The minimum atomic E-state index is 0.180. The van der Waals surface area contributed by atoms with Crippen molar-refractivity contribution in [2.75, 3.05) is 26.2 Å². The SMILES string of the molecule is CCCC(C(N)=S)N1CCN(C(=O)Cc2ccsc2)CC1. The Bertz CT molecular complexity index is 467. The van der Waals surface area contributed by atoms with Gasteiger partial charge in [-0.05, 0) is 28.8 Å². The summed E-state index contributed by atoms with van der Waals surface area (Å²) in [7, 11) is 0. The summed E-state index contributed by atoms with van der Waals surface area (Å²) in [5.74, 6) is 0.218. The zero-order chi connectivity index (χ0) is 15.2. The molecule has 2 heterocycles. The van der Waals surface area contributed by atoms with Crippen molar-refractivity contribution in [3.8, 4) is 0 Å². The predicted molar refractivity (Wildman–Crippen MR) is 91.7 cm³/mol. The van der Waals surface area contributed by atoms with Crippen LogP contribution in [0.15, 0.2) is 16.8 Å². The van der Waals surface area contributed by atoms with E-state index in [4.69, 9.17) is 18.0 Å². The second kappa shape index (κ2) is 7.87. The lowest BCUT2D eigenvalue weighted by Gasteiger charge is -2.39. The summed E-state index contributed by atoms with van der Waals surface area (Å²) >= 11 is 6.81. The Morgan fingerprint density at radius 2 is 2.14 bits per heavy atom. The van der Waals surface area contributed by atoms with Crippen molar-refractivity contribution in [2.24, 2.45) is 5.73 Å². The van der Waals surface area contributed by atoms with Gasteiger partial charge in [-0.3, -0.25) is 9.69 Å². The van der Waals surface area contributed by atoms with Crippen LogP contribution in [0.25, 0.3) is 0 Å². The topological polar surface area (TPSA) is 49.6 Å². The van der Waals surface area contributed by atoms with Crippen molar-refractivity contribution >= 4 is 34.5 Å². The van der Waals surface area contributed by atoms with E-state index in [1.165, 1.54) is 0 Å². The molecule has 1 fully saturated rings. The number of nitrogens with zero attached hydrogens (tertiary/aromatic N) is 2. The monoisotopic (exact) mass is 325 g/mol. The van der Waals surface area contributed by atoms with Gasteiger partial charge < -0.3 is 10.6 Å². The third-order valence-electron chi connectivity index (χ3n) is 3.93. The van der Waals surface area contributed by atoms with Crippen LogP contribution in [0.5, 0.6) is 0 Å². The first-order valence-corrected chi connectivity index (χ1v) is 8.79. The minimum absolute atomic E-state index is 0.180. The fourth-order valence-corrected chi connectivity index (χ4v) is 3.68. The van der Waals surface area contributed by atoms with Gasteiger partial charge in [-0.2, -0.15) is 11.3 Å². The maximum absolute atomic E-state index is 12.3. The molecular formula is C15H23N3OS2. The molecule has 6 heteroatoms. The summed E-state index contributed by atoms with van der Waals surface area (Å²) < 4.78 is 0. The molecule has 1 atom stereocenters. The standard InChI is InChI=1S/C15H23N3OS2/c1-2-3-13(15(16)20)17-5-7-18(8-6-17)14(19)10-12-4-9-21-11-12/h4,9,11,13H,2-3,5-8,10H2,1H3,(H2,16,20). The van der Waals surface area contributed by atoms with Gasteiger partial charge >= 0.3 is 0 Å². The van der Waals surface area contributed by atoms with Crippen molar-refractivity contribution in [1.29, 1.82) is 0 Å². The first-order chi connectivity index (χ1) is 10.1. The lowest BCUT2D eigenvalue weighted by Crippen LogP contribution is -2.55. The third-order valence-corrected chi connectivity index (χ3v) is 4.94. The Morgan fingerprint density at radius 1 is 1.43 bits per heavy atom. The van der Waals surface area contributed by atoms with Gasteiger partial charge in [0, 0.05) is 26.2 Å². The Kier molecular flexibility index (Phi) is 6.14. The molecule has 116 valence electrons. The van der Waals surface area contributed by atoms with Crippen LogP contribution in [-0.2, 0) is 11.2 Å². The van der Waals surface area contributed by atoms with Gasteiger partial charge in [-0.15, -0.1) is 0 Å². The summed E-state index contributed by atoms with van der Waals surface area (Å²) in [6.07, 6.45) is 2.58. The number of nitrogens with two attached hydrogens (primary N) is 1. The van der Waals surface area contributed by atoms with Gasteiger partial charge in [0.25, 0.3) is 0 Å². The molecule has 1 aromatic rings. The van der Waals surface area contributed by atoms with Gasteiger partial charge in [-0.1, -0.05) is 25.6 Å². The number of thiocarbonyl (C=S) groups is 1. The molecule has 1 aromatic heterocycles. The van der Waals surface area contributed by atoms with Gasteiger partial charge in [0.1, 0.15) is 0 Å². The molecule has 0 bridgehead atoms. The summed E-state index contributed by atoms with van der Waals surface area (Å²) in [5.41, 5.74) is 6.96. The highest BCUT2D eigenvalue weighted by molar-refractivity contribution is 7.80. The third kappa shape index (κ3) is 4.49. The van der Waals surface area contributed by atoms with E-state index < -0.39 is 0 Å². The molecule has 0 aromatic carbocycles. The second-order valence-corrected chi connectivity index (χ2v) is 6.68. The molecule has 21 heavy (non-hydrogen) atoms. The van der Waals surface area contributed by atoms with Gasteiger partial charge in [-0.25, -0.2) is 0 Å². The Morgan fingerprint density at radius 3 is 2.67 bits per heavy atom. The molecule has 1 unspecified atom stereocenters. The van der Waals surface area contributed by atoms with Gasteiger partial charge in [0.05, 0.1) is 17.5 Å². The first-order valence-electron chi connectivity index (χ1n) is 7.44. The van der Waals surface area contributed by atoms with Gasteiger partial charge in [0.15, 0.2) is 0 Å². The van der Waals surface area contributed by atoms with Crippen LogP contribution in [0, 0.1) is 0 Å². The lowest BCUT2D eigenvalue weighted by atomic mass is 10.1. The molecule has 4 nitrogen and oxygen atoms in total. The van der Waals surface area contributed by atoms with E-state index >= 15 is 0 Å². The molecule has 1 saturated heterocycles. The van der Waals surface area contributed by atoms with E-state index in [2.05, 4.69) is 11.8 Å². The maximum Gasteiger partial charge on any atom is 0.227 e. The molecule has 0 saturated carbocycles. The van der Waals surface area contributed by atoms with Crippen LogP contribution in [0.1, 0.15) is 25.3 Å². The van der Waals surface area contributed by atoms with Crippen LogP contribution in [0.3, 0.4) is 0 Å². The molecule has 2 N–H and O–H groups in total. The fraction of sp³-hybridized carbons (Fsp3) is 0.600. The summed E-state index contributed by atoms with van der Waals surface area (Å²) in [5, 5.41) is 4.05. The number of piperazine rings is 1. The van der Waals surface area contributed by atoms with E-state index in [9.17, 15) is 4.79 Å². The lowest BCUT2D eigenvalue weighted by molar-refractivity contribution is -0.132. The Labute approximate surface area is 135 Å². The van der Waals surface area contributed by atoms with E-state index in [1.54, 1.807) is 11.3 Å². The highest BCUT2D eigenvalue weighted by atomic mass is 32.1. The quantitative estimate of drug-likeness (QED) is 0.812. The van der Waals surface area contributed by atoms with Crippen LogP contribution < -0.4 is 5.73 Å². The van der Waals surface area contributed by atoms with E-state index in [0.717, 1.165) is 44.6 Å². The van der Waals surface area contributed by atoms with Crippen molar-refractivity contribution in [2.45, 2.75) is 32.2 Å². The largest absolute Gasteiger partial charge is 0.392 e. The first kappa shape index (κ1) is 16.4. The number of hydrogen-bond donors (Lipinski definition) is 1. The highest BCUT2D eigenvalue weighted by Crippen LogP contribution is 2.14. The van der Waals surface area contributed by atoms with Crippen LogP contribution in [0.4, 0.5) is 0 Å².